The van der Waals surface area contributed by atoms with Crippen LogP contribution in [-0.4, -0.2) is 25.1 Å². The van der Waals surface area contributed by atoms with E-state index in [-0.39, 0.29) is 0 Å². The number of nitrogens with one attached hydrogen (secondary N) is 1. The fraction of sp³-hybridized carbons (Fsp3) is 0.0909. The summed E-state index contributed by atoms with van der Waals surface area (Å²) in [6.45, 7) is 1.87. The predicted molar refractivity (Wildman–Crippen MR) is 72.5 cm³/mol. The number of pyridine rings is 2. The van der Waals surface area contributed by atoms with Gasteiger partial charge in [0.05, 0.1) is 5.52 Å². The molecule has 0 bridgehead atoms. The molecule has 0 unspecified atom stereocenters. The summed E-state index contributed by atoms with van der Waals surface area (Å²) in [6.07, 6.45) is 3.52. The van der Waals surface area contributed by atoms with Gasteiger partial charge in [-0.25, -0.2) is 4.98 Å². The Balaban J connectivity index is 2.06. The van der Waals surface area contributed by atoms with Gasteiger partial charge in [-0.1, -0.05) is 0 Å². The Morgan fingerprint density at radius 3 is 3.00 bits per heavy atom. The van der Waals surface area contributed by atoms with Gasteiger partial charge in [0.15, 0.2) is 0 Å². The molecule has 18 heavy (non-hydrogen) atoms. The maximum Gasteiger partial charge on any atom is 0.213 e. The van der Waals surface area contributed by atoms with E-state index in [1.807, 2.05) is 19.1 Å². The second kappa shape index (κ2) is 4.66. The van der Waals surface area contributed by atoms with Gasteiger partial charge < -0.3 is 0 Å². The Hall–Kier alpha value is -1.47. The first kappa shape index (κ1) is 11.6. The maximum atomic E-state index is 4.39. The lowest BCUT2D eigenvalue weighted by Gasteiger charge is -2.02. The zero-order valence-electron chi connectivity index (χ0n) is 9.38. The number of halogens is 1. The molecule has 3 heterocycles. The highest BCUT2D eigenvalue weighted by Crippen LogP contribution is 2.30. The monoisotopic (exact) mass is 321 g/mol. The summed E-state index contributed by atoms with van der Waals surface area (Å²) in [5.41, 5.74) is 1.70. The van der Waals surface area contributed by atoms with E-state index in [1.165, 1.54) is 11.8 Å². The predicted octanol–water partition coefficient (Wildman–Crippen LogP) is 2.97. The van der Waals surface area contributed by atoms with Crippen LogP contribution in [0, 0.1) is 6.92 Å². The van der Waals surface area contributed by atoms with Gasteiger partial charge in [-0.3, -0.25) is 15.1 Å². The molecule has 0 saturated heterocycles. The number of hydrogen-bond acceptors (Lipinski definition) is 5. The van der Waals surface area contributed by atoms with Crippen LogP contribution in [0.25, 0.3) is 11.0 Å². The summed E-state index contributed by atoms with van der Waals surface area (Å²) < 4.78 is 0.915. The van der Waals surface area contributed by atoms with Crippen molar-refractivity contribution in [3.05, 3.63) is 34.8 Å². The van der Waals surface area contributed by atoms with Crippen LogP contribution < -0.4 is 0 Å². The number of fused-ring (bicyclic) bond motifs is 1. The minimum atomic E-state index is 0.685. The van der Waals surface area contributed by atoms with Gasteiger partial charge in [0.1, 0.15) is 11.3 Å². The van der Waals surface area contributed by atoms with Crippen molar-refractivity contribution in [2.45, 2.75) is 17.0 Å². The van der Waals surface area contributed by atoms with E-state index in [1.54, 1.807) is 12.4 Å². The molecule has 1 N–H and O–H groups in total. The quantitative estimate of drug-likeness (QED) is 0.786. The average molecular weight is 322 g/mol. The smallest absolute Gasteiger partial charge is 0.213 e. The van der Waals surface area contributed by atoms with Crippen molar-refractivity contribution in [2.75, 3.05) is 0 Å². The van der Waals surface area contributed by atoms with Crippen molar-refractivity contribution in [1.29, 1.82) is 0 Å². The second-order valence-corrected chi connectivity index (χ2v) is 5.56. The lowest BCUT2D eigenvalue weighted by Crippen LogP contribution is -1.86. The van der Waals surface area contributed by atoms with Gasteiger partial charge in [0, 0.05) is 21.8 Å². The molecule has 0 radical (unpaired) electrons. The standard InChI is InChI=1S/C11H8BrN5S/c1-6-15-11(17-16-6)18-9-2-3-13-8-4-7(12)5-14-10(8)9/h2-5H,1H3,(H,15,16,17). The largest absolute Gasteiger partial charge is 0.262 e. The average Bonchev–Trinajstić information content (AvgIpc) is 2.75. The van der Waals surface area contributed by atoms with Crippen LogP contribution in [0.3, 0.4) is 0 Å². The highest BCUT2D eigenvalue weighted by Gasteiger charge is 2.08. The maximum absolute atomic E-state index is 4.39. The lowest BCUT2D eigenvalue weighted by atomic mass is 10.3. The van der Waals surface area contributed by atoms with E-state index in [0.717, 1.165) is 26.2 Å². The first-order valence-corrected chi connectivity index (χ1v) is 6.80. The summed E-state index contributed by atoms with van der Waals surface area (Å²) in [6, 6.07) is 3.86. The van der Waals surface area contributed by atoms with E-state index in [2.05, 4.69) is 41.1 Å². The van der Waals surface area contributed by atoms with Crippen LogP contribution in [0.15, 0.2) is 39.1 Å². The first-order valence-electron chi connectivity index (χ1n) is 5.19. The molecule has 3 rings (SSSR count). The van der Waals surface area contributed by atoms with E-state index in [4.69, 9.17) is 0 Å². The van der Waals surface area contributed by atoms with Crippen molar-refractivity contribution < 1.29 is 0 Å². The molecule has 5 nitrogen and oxygen atoms in total. The SMILES string of the molecule is Cc1nc(Sc2ccnc3cc(Br)cnc23)n[nH]1. The van der Waals surface area contributed by atoms with Crippen molar-refractivity contribution in [2.24, 2.45) is 0 Å². The number of aromatic nitrogens is 5. The molecule has 0 saturated carbocycles. The topological polar surface area (TPSA) is 67.3 Å². The molecule has 0 aromatic carbocycles. The molecule has 3 aromatic rings. The molecular weight excluding hydrogens is 314 g/mol. The Bertz CT molecular complexity index is 711. The highest BCUT2D eigenvalue weighted by atomic mass is 79.9. The molecule has 7 heteroatoms. The number of aryl methyl sites for hydroxylation is 1. The fourth-order valence-corrected chi connectivity index (χ4v) is 2.70. The summed E-state index contributed by atoms with van der Waals surface area (Å²) in [5, 5.41) is 7.61. The van der Waals surface area contributed by atoms with Gasteiger partial charge in [0.2, 0.25) is 5.16 Å². The van der Waals surface area contributed by atoms with Gasteiger partial charge in [-0.05, 0) is 46.7 Å². The minimum Gasteiger partial charge on any atom is -0.262 e. The van der Waals surface area contributed by atoms with Gasteiger partial charge in [-0.2, -0.15) is 0 Å². The zero-order chi connectivity index (χ0) is 12.5. The minimum absolute atomic E-state index is 0.685. The van der Waals surface area contributed by atoms with E-state index < -0.39 is 0 Å². The highest BCUT2D eigenvalue weighted by molar-refractivity contribution is 9.10. The molecule has 0 aliphatic carbocycles. The normalized spacial score (nSPS) is 11.0. The summed E-state index contributed by atoms with van der Waals surface area (Å²) in [7, 11) is 0. The van der Waals surface area contributed by atoms with Crippen LogP contribution in [0.4, 0.5) is 0 Å². The van der Waals surface area contributed by atoms with Gasteiger partial charge in [-0.15, -0.1) is 5.10 Å². The number of rotatable bonds is 2. The molecule has 3 aromatic heterocycles. The van der Waals surface area contributed by atoms with Crippen molar-refractivity contribution in [3.8, 4) is 0 Å². The molecule has 0 amide bonds. The molecular formula is C11H8BrN5S. The zero-order valence-corrected chi connectivity index (χ0v) is 11.8. The van der Waals surface area contributed by atoms with E-state index >= 15 is 0 Å². The van der Waals surface area contributed by atoms with Crippen molar-refractivity contribution >= 4 is 38.7 Å². The summed E-state index contributed by atoms with van der Waals surface area (Å²) in [5.74, 6) is 0.798. The van der Waals surface area contributed by atoms with E-state index in [9.17, 15) is 0 Å². The molecule has 0 fully saturated rings. The second-order valence-electron chi connectivity index (χ2n) is 3.64. The number of aromatic amines is 1. The number of hydrogen-bond donors (Lipinski definition) is 1. The molecule has 90 valence electrons. The lowest BCUT2D eigenvalue weighted by molar-refractivity contribution is 0.969. The fourth-order valence-electron chi connectivity index (χ4n) is 1.53. The van der Waals surface area contributed by atoms with Crippen LogP contribution in [-0.2, 0) is 0 Å². The Labute approximate surface area is 116 Å². The van der Waals surface area contributed by atoms with Crippen LogP contribution in [0.1, 0.15) is 5.82 Å². The Morgan fingerprint density at radius 1 is 1.33 bits per heavy atom. The van der Waals surface area contributed by atoms with Gasteiger partial charge in [0.25, 0.3) is 0 Å². The first-order chi connectivity index (χ1) is 8.72. The number of H-pyrrole nitrogens is 1. The molecule has 0 spiro atoms. The molecule has 0 aliphatic rings. The van der Waals surface area contributed by atoms with Crippen LogP contribution in [0.5, 0.6) is 0 Å². The van der Waals surface area contributed by atoms with Crippen LogP contribution >= 0.6 is 27.7 Å². The van der Waals surface area contributed by atoms with Gasteiger partial charge >= 0.3 is 0 Å². The Morgan fingerprint density at radius 2 is 2.22 bits per heavy atom. The molecule has 0 atom stereocenters. The Kier molecular flexibility index (Phi) is 3.00. The summed E-state index contributed by atoms with van der Waals surface area (Å²) in [4.78, 5) is 13.9. The van der Waals surface area contributed by atoms with E-state index in [0.29, 0.717) is 5.16 Å². The summed E-state index contributed by atoms with van der Waals surface area (Å²) >= 11 is 4.86. The molecule has 0 aliphatic heterocycles. The third kappa shape index (κ3) is 2.23. The third-order valence-corrected chi connectivity index (χ3v) is 3.63. The van der Waals surface area contributed by atoms with Crippen molar-refractivity contribution in [3.63, 3.8) is 0 Å². The third-order valence-electron chi connectivity index (χ3n) is 2.29. The number of nitrogens with zero attached hydrogens (tertiary/aromatic N) is 4. The van der Waals surface area contributed by atoms with Crippen LogP contribution in [0.2, 0.25) is 0 Å². The van der Waals surface area contributed by atoms with Crippen molar-refractivity contribution in [1.82, 2.24) is 25.1 Å².